The third-order valence-corrected chi connectivity index (χ3v) is 5.84. The summed E-state index contributed by atoms with van der Waals surface area (Å²) in [5.74, 6) is -0.544. The van der Waals surface area contributed by atoms with Crippen LogP contribution in [-0.4, -0.2) is 55.3 Å². The van der Waals surface area contributed by atoms with Crippen molar-refractivity contribution in [3.05, 3.63) is 39.9 Å². The number of pyridine rings is 2. The number of aromatic carboxylic acids is 1. The number of aryl methyl sites for hydroxylation is 1. The molecule has 9 nitrogen and oxygen atoms in total. The molecule has 1 spiro atoms. The highest BCUT2D eigenvalue weighted by Gasteiger charge is 2.49. The average molecular weight is 385 g/mol. The Hall–Kier alpha value is -2.85. The molecule has 0 amide bonds. The molecule has 10 heteroatoms. The molecule has 5 heterocycles. The number of fused-ring (bicyclic) bond motifs is 1. The second-order valence-electron chi connectivity index (χ2n) is 6.90. The van der Waals surface area contributed by atoms with Gasteiger partial charge in [-0.3, -0.25) is 9.36 Å². The summed E-state index contributed by atoms with van der Waals surface area (Å²) in [5.41, 5.74) is 0.152. The molecular formula is C17H15N5O4S. The Kier molecular flexibility index (Phi) is 3.37. The molecule has 0 aromatic carbocycles. The van der Waals surface area contributed by atoms with Crippen molar-refractivity contribution in [1.82, 2.24) is 18.9 Å². The van der Waals surface area contributed by atoms with E-state index in [-0.39, 0.29) is 16.6 Å². The van der Waals surface area contributed by atoms with Gasteiger partial charge in [0.2, 0.25) is 10.6 Å². The van der Waals surface area contributed by atoms with Gasteiger partial charge in [-0.25, -0.2) is 14.8 Å². The molecule has 3 aromatic rings. The molecule has 138 valence electrons. The van der Waals surface area contributed by atoms with Crippen molar-refractivity contribution >= 4 is 34.4 Å². The van der Waals surface area contributed by atoms with Gasteiger partial charge in [-0.2, -0.15) is 4.37 Å². The highest BCUT2D eigenvalue weighted by atomic mass is 32.1. The molecule has 3 aromatic heterocycles. The quantitative estimate of drug-likeness (QED) is 0.717. The summed E-state index contributed by atoms with van der Waals surface area (Å²) in [5, 5.41) is 10.2. The molecule has 2 fully saturated rings. The van der Waals surface area contributed by atoms with E-state index in [0.29, 0.717) is 16.3 Å². The minimum absolute atomic E-state index is 0.0450. The van der Waals surface area contributed by atoms with Gasteiger partial charge in [0.1, 0.15) is 23.3 Å². The first kappa shape index (κ1) is 16.3. The Morgan fingerprint density at radius 2 is 2.19 bits per heavy atom. The Morgan fingerprint density at radius 1 is 1.41 bits per heavy atom. The SMILES string of the molecule is Cc1cc(N2CC3(CCO3)C2)nc2c1c(=O)c(C(=O)O)cn2-c1ncns1. The van der Waals surface area contributed by atoms with Crippen LogP contribution in [0.4, 0.5) is 5.82 Å². The number of carboxylic acid groups (broad SMARTS) is 1. The minimum atomic E-state index is -1.28. The van der Waals surface area contributed by atoms with E-state index in [1.54, 1.807) is 6.92 Å². The molecule has 2 saturated heterocycles. The number of carboxylic acids is 1. The zero-order valence-electron chi connectivity index (χ0n) is 14.4. The van der Waals surface area contributed by atoms with Gasteiger partial charge in [0.05, 0.1) is 25.1 Å². The monoisotopic (exact) mass is 385 g/mol. The van der Waals surface area contributed by atoms with Gasteiger partial charge in [0.15, 0.2) is 5.65 Å². The molecule has 27 heavy (non-hydrogen) atoms. The lowest BCUT2D eigenvalue weighted by Crippen LogP contribution is -2.68. The Morgan fingerprint density at radius 3 is 2.78 bits per heavy atom. The van der Waals surface area contributed by atoms with Crippen LogP contribution in [0.3, 0.4) is 0 Å². The number of aromatic nitrogens is 4. The summed E-state index contributed by atoms with van der Waals surface area (Å²) < 4.78 is 11.2. The highest BCUT2D eigenvalue weighted by molar-refractivity contribution is 7.08. The van der Waals surface area contributed by atoms with Gasteiger partial charge in [0.25, 0.3) is 0 Å². The van der Waals surface area contributed by atoms with Crippen LogP contribution in [0.5, 0.6) is 0 Å². The lowest BCUT2D eigenvalue weighted by atomic mass is 9.86. The molecule has 0 unspecified atom stereocenters. The van der Waals surface area contributed by atoms with Gasteiger partial charge in [-0.1, -0.05) is 0 Å². The Labute approximate surface area is 157 Å². The molecule has 0 aliphatic carbocycles. The first-order valence-corrected chi connectivity index (χ1v) is 9.21. The lowest BCUT2D eigenvalue weighted by molar-refractivity contribution is -0.161. The van der Waals surface area contributed by atoms with Gasteiger partial charge in [-0.15, -0.1) is 0 Å². The molecule has 2 aliphatic heterocycles. The summed E-state index contributed by atoms with van der Waals surface area (Å²) in [6, 6.07) is 1.82. The van der Waals surface area contributed by atoms with E-state index in [9.17, 15) is 14.7 Å². The van der Waals surface area contributed by atoms with E-state index in [1.807, 2.05) is 6.07 Å². The van der Waals surface area contributed by atoms with E-state index < -0.39 is 11.4 Å². The topological polar surface area (TPSA) is 110 Å². The fourth-order valence-corrected chi connectivity index (χ4v) is 4.17. The van der Waals surface area contributed by atoms with Crippen LogP contribution in [0, 0.1) is 6.92 Å². The second-order valence-corrected chi connectivity index (χ2v) is 7.66. The molecule has 0 bridgehead atoms. The van der Waals surface area contributed by atoms with Crippen LogP contribution in [0.25, 0.3) is 16.2 Å². The number of carbonyl (C=O) groups is 1. The zero-order valence-corrected chi connectivity index (χ0v) is 15.2. The van der Waals surface area contributed by atoms with E-state index in [2.05, 4.69) is 19.2 Å². The van der Waals surface area contributed by atoms with Crippen LogP contribution in [0.2, 0.25) is 0 Å². The van der Waals surface area contributed by atoms with Crippen molar-refractivity contribution in [1.29, 1.82) is 0 Å². The van der Waals surface area contributed by atoms with Crippen molar-refractivity contribution in [3.8, 4) is 5.13 Å². The van der Waals surface area contributed by atoms with E-state index in [1.165, 1.54) is 17.1 Å². The maximum Gasteiger partial charge on any atom is 0.341 e. The van der Waals surface area contributed by atoms with E-state index in [0.717, 1.165) is 43.5 Å². The zero-order chi connectivity index (χ0) is 18.8. The fourth-order valence-electron chi connectivity index (χ4n) is 3.66. The molecular weight excluding hydrogens is 370 g/mol. The molecule has 5 rings (SSSR count). The third-order valence-electron chi connectivity index (χ3n) is 5.18. The van der Waals surface area contributed by atoms with E-state index in [4.69, 9.17) is 4.74 Å². The maximum absolute atomic E-state index is 12.7. The van der Waals surface area contributed by atoms with Gasteiger partial charge in [0, 0.05) is 24.2 Å². The lowest BCUT2D eigenvalue weighted by Gasteiger charge is -2.55. The number of nitrogens with zero attached hydrogens (tertiary/aromatic N) is 5. The van der Waals surface area contributed by atoms with Crippen LogP contribution >= 0.6 is 11.5 Å². The molecule has 0 radical (unpaired) electrons. The maximum atomic E-state index is 12.7. The van der Waals surface area contributed by atoms with Gasteiger partial charge >= 0.3 is 5.97 Å². The first-order valence-electron chi connectivity index (χ1n) is 8.44. The van der Waals surface area contributed by atoms with Crippen molar-refractivity contribution < 1.29 is 14.6 Å². The van der Waals surface area contributed by atoms with Crippen LogP contribution in [-0.2, 0) is 4.74 Å². The summed E-state index contributed by atoms with van der Waals surface area (Å²) >= 11 is 1.10. The number of rotatable bonds is 3. The van der Waals surface area contributed by atoms with Crippen molar-refractivity contribution in [2.45, 2.75) is 18.9 Å². The standard InChI is InChI=1S/C17H15N5O4S/c1-9-4-11(21-6-17(7-21)2-3-26-17)20-14-12(9)13(23)10(15(24)25)5-22(14)16-18-8-19-27-16/h4-5,8H,2-3,6-7H2,1H3,(H,24,25). The van der Waals surface area contributed by atoms with Crippen LogP contribution < -0.4 is 10.3 Å². The molecule has 2 aliphatic rings. The largest absolute Gasteiger partial charge is 0.477 e. The number of hydrogen-bond acceptors (Lipinski definition) is 8. The number of ether oxygens (including phenoxy) is 1. The molecule has 1 N–H and O–H groups in total. The fraction of sp³-hybridized carbons (Fsp3) is 0.353. The van der Waals surface area contributed by atoms with Crippen LogP contribution in [0.15, 0.2) is 23.4 Å². The number of anilines is 1. The average Bonchev–Trinajstić information content (AvgIpc) is 3.06. The van der Waals surface area contributed by atoms with Gasteiger partial charge in [-0.05, 0) is 18.6 Å². The smallest absolute Gasteiger partial charge is 0.341 e. The third kappa shape index (κ3) is 2.37. The van der Waals surface area contributed by atoms with E-state index >= 15 is 0 Å². The van der Waals surface area contributed by atoms with Gasteiger partial charge < -0.3 is 14.7 Å². The predicted octanol–water partition coefficient (Wildman–Crippen LogP) is 1.22. The Balaban J connectivity index is 1.72. The predicted molar refractivity (Wildman–Crippen MR) is 98.0 cm³/mol. The molecule has 0 saturated carbocycles. The van der Waals surface area contributed by atoms with Crippen molar-refractivity contribution in [2.75, 3.05) is 24.6 Å². The number of hydrogen-bond donors (Lipinski definition) is 1. The van der Waals surface area contributed by atoms with Crippen molar-refractivity contribution in [2.24, 2.45) is 0 Å². The van der Waals surface area contributed by atoms with Crippen molar-refractivity contribution in [3.63, 3.8) is 0 Å². The minimum Gasteiger partial charge on any atom is -0.477 e. The summed E-state index contributed by atoms with van der Waals surface area (Å²) in [6.07, 6.45) is 3.71. The molecule has 0 atom stereocenters. The second kappa shape index (κ2) is 5.57. The summed E-state index contributed by atoms with van der Waals surface area (Å²) in [7, 11) is 0. The van der Waals surface area contributed by atoms with Crippen LogP contribution in [0.1, 0.15) is 22.3 Å². The summed E-state index contributed by atoms with van der Waals surface area (Å²) in [4.78, 5) is 35.2. The normalized spacial score (nSPS) is 17.7. The summed E-state index contributed by atoms with van der Waals surface area (Å²) in [6.45, 7) is 4.12. The first-order chi connectivity index (χ1) is 13.0. The highest BCUT2D eigenvalue weighted by Crippen LogP contribution is 2.38. The Bertz CT molecular complexity index is 1130.